The summed E-state index contributed by atoms with van der Waals surface area (Å²) >= 11 is 0. The van der Waals surface area contributed by atoms with Gasteiger partial charge >= 0.3 is 0 Å². The van der Waals surface area contributed by atoms with Crippen molar-refractivity contribution < 1.29 is 14.3 Å². The molecule has 2 unspecified atom stereocenters. The monoisotopic (exact) mass is 271 g/mol. The summed E-state index contributed by atoms with van der Waals surface area (Å²) in [5.74, 6) is -0.215. The fourth-order valence-corrected chi connectivity index (χ4v) is 2.21. The fraction of sp³-hybridized carbons (Fsp3) is 0.846. The molecule has 0 saturated carbocycles. The van der Waals surface area contributed by atoms with Crippen LogP contribution in [0.25, 0.3) is 0 Å². The molecule has 0 aromatic rings. The van der Waals surface area contributed by atoms with Gasteiger partial charge in [-0.1, -0.05) is 6.92 Å². The van der Waals surface area contributed by atoms with E-state index in [0.29, 0.717) is 26.2 Å². The summed E-state index contributed by atoms with van der Waals surface area (Å²) in [5.41, 5.74) is 5.46. The lowest BCUT2D eigenvalue weighted by Gasteiger charge is -2.36. The van der Waals surface area contributed by atoms with E-state index in [2.05, 4.69) is 5.32 Å². The second-order valence-electron chi connectivity index (χ2n) is 4.85. The van der Waals surface area contributed by atoms with Gasteiger partial charge in [-0.3, -0.25) is 9.59 Å². The third-order valence-electron chi connectivity index (χ3n) is 3.33. The lowest BCUT2D eigenvalue weighted by molar-refractivity contribution is -0.151. The molecule has 2 amide bonds. The van der Waals surface area contributed by atoms with Gasteiger partial charge in [0.25, 0.3) is 0 Å². The number of likely N-dealkylation sites (N-methyl/N-ethyl adjacent to an activating group) is 1. The summed E-state index contributed by atoms with van der Waals surface area (Å²) in [6.07, 6.45) is 1.58. The first-order chi connectivity index (χ1) is 9.11. The molecular weight excluding hydrogens is 246 g/mol. The predicted molar refractivity (Wildman–Crippen MR) is 72.5 cm³/mol. The van der Waals surface area contributed by atoms with E-state index >= 15 is 0 Å². The molecule has 1 rings (SSSR count). The van der Waals surface area contributed by atoms with Crippen molar-refractivity contribution in [1.29, 1.82) is 0 Å². The molecule has 0 bridgehead atoms. The van der Waals surface area contributed by atoms with Crippen molar-refractivity contribution in [1.82, 2.24) is 10.2 Å². The predicted octanol–water partition coefficient (Wildman–Crippen LogP) is -0.275. The van der Waals surface area contributed by atoms with Gasteiger partial charge < -0.3 is 20.7 Å². The number of nitrogens with one attached hydrogen (secondary N) is 1. The summed E-state index contributed by atoms with van der Waals surface area (Å²) in [4.78, 5) is 26.0. The Balaban J connectivity index is 2.65. The maximum absolute atomic E-state index is 12.4. The Morgan fingerprint density at radius 3 is 2.89 bits per heavy atom. The molecule has 0 spiro atoms. The van der Waals surface area contributed by atoms with Crippen LogP contribution >= 0.6 is 0 Å². The van der Waals surface area contributed by atoms with E-state index in [0.717, 1.165) is 12.8 Å². The standard InChI is InChI=1S/C13H25N3O3/c1-3-15-12(17)11-9-19-8-7-16(11)13(18)10(2)5-4-6-14/h10-11H,3-9,14H2,1-2H3,(H,15,17). The Hall–Kier alpha value is -1.14. The average Bonchev–Trinajstić information content (AvgIpc) is 2.44. The molecule has 0 aromatic heterocycles. The van der Waals surface area contributed by atoms with E-state index in [9.17, 15) is 9.59 Å². The molecule has 110 valence electrons. The zero-order chi connectivity index (χ0) is 14.3. The third kappa shape index (κ3) is 4.47. The number of ether oxygens (including phenoxy) is 1. The van der Waals surface area contributed by atoms with Gasteiger partial charge in [0, 0.05) is 19.0 Å². The highest BCUT2D eigenvalue weighted by Gasteiger charge is 2.34. The van der Waals surface area contributed by atoms with Crippen molar-refractivity contribution in [2.75, 3.05) is 32.8 Å². The maximum Gasteiger partial charge on any atom is 0.245 e. The van der Waals surface area contributed by atoms with Crippen molar-refractivity contribution in [3.63, 3.8) is 0 Å². The van der Waals surface area contributed by atoms with Gasteiger partial charge in [0.1, 0.15) is 6.04 Å². The molecule has 6 heteroatoms. The highest BCUT2D eigenvalue weighted by Crippen LogP contribution is 2.15. The van der Waals surface area contributed by atoms with E-state index in [1.54, 1.807) is 4.90 Å². The van der Waals surface area contributed by atoms with E-state index in [1.807, 2.05) is 13.8 Å². The molecule has 6 nitrogen and oxygen atoms in total. The molecule has 1 saturated heterocycles. The fourth-order valence-electron chi connectivity index (χ4n) is 2.21. The van der Waals surface area contributed by atoms with Crippen molar-refractivity contribution >= 4 is 11.8 Å². The van der Waals surface area contributed by atoms with Crippen LogP contribution in [-0.2, 0) is 14.3 Å². The minimum atomic E-state index is -0.499. The Morgan fingerprint density at radius 2 is 2.26 bits per heavy atom. The van der Waals surface area contributed by atoms with E-state index in [-0.39, 0.29) is 24.3 Å². The first-order valence-electron chi connectivity index (χ1n) is 6.97. The number of rotatable bonds is 6. The summed E-state index contributed by atoms with van der Waals surface area (Å²) in [5, 5.41) is 2.75. The lowest BCUT2D eigenvalue weighted by atomic mass is 10.0. The molecule has 19 heavy (non-hydrogen) atoms. The lowest BCUT2D eigenvalue weighted by Crippen LogP contribution is -2.57. The van der Waals surface area contributed by atoms with Crippen LogP contribution in [0.1, 0.15) is 26.7 Å². The van der Waals surface area contributed by atoms with Crippen molar-refractivity contribution in [2.24, 2.45) is 11.7 Å². The number of morpholine rings is 1. The van der Waals surface area contributed by atoms with E-state index in [1.165, 1.54) is 0 Å². The summed E-state index contributed by atoms with van der Waals surface area (Å²) in [6, 6.07) is -0.499. The number of hydrogen-bond donors (Lipinski definition) is 2. The molecule has 1 heterocycles. The van der Waals surface area contributed by atoms with Crippen molar-refractivity contribution in [2.45, 2.75) is 32.7 Å². The highest BCUT2D eigenvalue weighted by atomic mass is 16.5. The molecule has 1 aliphatic rings. The minimum absolute atomic E-state index is 0.0213. The van der Waals surface area contributed by atoms with Gasteiger partial charge in [-0.25, -0.2) is 0 Å². The normalized spacial score (nSPS) is 21.0. The zero-order valence-electron chi connectivity index (χ0n) is 11.9. The molecule has 1 aliphatic heterocycles. The number of carbonyl (C=O) groups is 2. The summed E-state index contributed by atoms with van der Waals surface area (Å²) in [6.45, 7) is 6.14. The summed E-state index contributed by atoms with van der Waals surface area (Å²) < 4.78 is 5.32. The van der Waals surface area contributed by atoms with Gasteiger partial charge in [-0.05, 0) is 26.3 Å². The van der Waals surface area contributed by atoms with Gasteiger partial charge in [0.2, 0.25) is 11.8 Å². The first-order valence-corrected chi connectivity index (χ1v) is 6.97. The van der Waals surface area contributed by atoms with Crippen LogP contribution in [0.15, 0.2) is 0 Å². The smallest absolute Gasteiger partial charge is 0.245 e. The number of carbonyl (C=O) groups excluding carboxylic acids is 2. The Bertz CT molecular complexity index is 310. The molecule has 0 aromatic carbocycles. The Labute approximate surface area is 114 Å². The number of hydrogen-bond acceptors (Lipinski definition) is 4. The zero-order valence-corrected chi connectivity index (χ0v) is 11.9. The van der Waals surface area contributed by atoms with Crippen LogP contribution in [0.4, 0.5) is 0 Å². The Morgan fingerprint density at radius 1 is 1.53 bits per heavy atom. The minimum Gasteiger partial charge on any atom is -0.377 e. The van der Waals surface area contributed by atoms with Crippen LogP contribution in [0.3, 0.4) is 0 Å². The van der Waals surface area contributed by atoms with Gasteiger partial charge in [-0.15, -0.1) is 0 Å². The molecule has 0 aliphatic carbocycles. The van der Waals surface area contributed by atoms with Gasteiger partial charge in [0.15, 0.2) is 0 Å². The molecule has 3 N–H and O–H groups in total. The average molecular weight is 271 g/mol. The van der Waals surface area contributed by atoms with E-state index in [4.69, 9.17) is 10.5 Å². The SMILES string of the molecule is CCNC(=O)C1COCCN1C(=O)C(C)CCCN. The van der Waals surface area contributed by atoms with Gasteiger partial charge in [0.05, 0.1) is 13.2 Å². The van der Waals surface area contributed by atoms with Crippen molar-refractivity contribution in [3.05, 3.63) is 0 Å². The largest absolute Gasteiger partial charge is 0.377 e. The van der Waals surface area contributed by atoms with Crippen molar-refractivity contribution in [3.8, 4) is 0 Å². The number of nitrogens with two attached hydrogens (primary N) is 1. The van der Waals surface area contributed by atoms with Crippen LogP contribution < -0.4 is 11.1 Å². The highest BCUT2D eigenvalue weighted by molar-refractivity contribution is 5.88. The van der Waals surface area contributed by atoms with Crippen LogP contribution in [0, 0.1) is 5.92 Å². The third-order valence-corrected chi connectivity index (χ3v) is 3.33. The molecule has 0 radical (unpaired) electrons. The van der Waals surface area contributed by atoms with Crippen LogP contribution in [0.2, 0.25) is 0 Å². The van der Waals surface area contributed by atoms with Crippen LogP contribution in [-0.4, -0.2) is 55.6 Å². The summed E-state index contributed by atoms with van der Waals surface area (Å²) in [7, 11) is 0. The second kappa shape index (κ2) is 8.12. The number of nitrogens with zero attached hydrogens (tertiary/aromatic N) is 1. The second-order valence-corrected chi connectivity index (χ2v) is 4.85. The number of amides is 2. The van der Waals surface area contributed by atoms with E-state index < -0.39 is 6.04 Å². The quantitative estimate of drug-likeness (QED) is 0.696. The molecular formula is C13H25N3O3. The van der Waals surface area contributed by atoms with Gasteiger partial charge in [-0.2, -0.15) is 0 Å². The first kappa shape index (κ1) is 15.9. The maximum atomic E-state index is 12.4. The molecule has 2 atom stereocenters. The Kier molecular flexibility index (Phi) is 6.80. The molecule has 1 fully saturated rings. The topological polar surface area (TPSA) is 84.7 Å². The van der Waals surface area contributed by atoms with Crippen LogP contribution in [0.5, 0.6) is 0 Å².